The van der Waals surface area contributed by atoms with Gasteiger partial charge in [-0.3, -0.25) is 4.79 Å². The van der Waals surface area contributed by atoms with Crippen LogP contribution in [0.3, 0.4) is 0 Å². The molecule has 1 N–H and O–H groups in total. The van der Waals surface area contributed by atoms with E-state index in [0.29, 0.717) is 24.6 Å². The van der Waals surface area contributed by atoms with Crippen LogP contribution in [0, 0.1) is 5.82 Å². The molecule has 0 saturated carbocycles. The molecule has 162 valence electrons. The predicted molar refractivity (Wildman–Crippen MR) is 110 cm³/mol. The van der Waals surface area contributed by atoms with Gasteiger partial charge in [-0.2, -0.15) is 0 Å². The van der Waals surface area contributed by atoms with E-state index in [1.807, 2.05) is 0 Å². The molecule has 0 aromatic heterocycles. The van der Waals surface area contributed by atoms with Crippen LogP contribution >= 0.6 is 0 Å². The predicted octanol–water partition coefficient (Wildman–Crippen LogP) is 2.82. The summed E-state index contributed by atoms with van der Waals surface area (Å²) in [5.74, 6) is 0.166. The third kappa shape index (κ3) is 5.48. The summed E-state index contributed by atoms with van der Waals surface area (Å²) in [6.45, 7) is 1.39. The van der Waals surface area contributed by atoms with E-state index in [2.05, 4.69) is 4.72 Å². The number of likely N-dealkylation sites (tertiary alicyclic amines) is 1. The van der Waals surface area contributed by atoms with Crippen molar-refractivity contribution < 1.29 is 27.1 Å². The molecule has 3 rings (SSSR count). The lowest BCUT2D eigenvalue weighted by molar-refractivity contribution is 0.0720. The van der Waals surface area contributed by atoms with Crippen molar-refractivity contribution in [3.05, 3.63) is 53.8 Å². The number of hydrogen-bond donors (Lipinski definition) is 1. The molecule has 1 amide bonds. The third-order valence-corrected chi connectivity index (χ3v) is 6.29. The molecule has 1 aliphatic heterocycles. The summed E-state index contributed by atoms with van der Waals surface area (Å²) in [5, 5.41) is 0. The van der Waals surface area contributed by atoms with Gasteiger partial charge in [-0.1, -0.05) is 0 Å². The summed E-state index contributed by atoms with van der Waals surface area (Å²) < 4.78 is 51.3. The highest BCUT2D eigenvalue weighted by molar-refractivity contribution is 7.89. The highest BCUT2D eigenvalue weighted by atomic mass is 32.2. The number of rotatable bonds is 8. The summed E-state index contributed by atoms with van der Waals surface area (Å²) in [7, 11) is -2.40. The van der Waals surface area contributed by atoms with E-state index < -0.39 is 10.0 Å². The first-order valence-electron chi connectivity index (χ1n) is 9.76. The van der Waals surface area contributed by atoms with Gasteiger partial charge in [0, 0.05) is 19.6 Å². The van der Waals surface area contributed by atoms with E-state index in [9.17, 15) is 17.6 Å². The number of carbonyl (C=O) groups excluding carboxylic acids is 1. The quantitative estimate of drug-likeness (QED) is 0.644. The monoisotopic (exact) mass is 436 g/mol. The maximum atomic E-state index is 12.9. The Bertz CT molecular complexity index is 973. The Morgan fingerprint density at radius 3 is 2.47 bits per heavy atom. The molecule has 2 aromatic carbocycles. The summed E-state index contributed by atoms with van der Waals surface area (Å²) in [4.78, 5) is 14.6. The average Bonchev–Trinajstić information content (AvgIpc) is 2.77. The topological polar surface area (TPSA) is 84.9 Å². The van der Waals surface area contributed by atoms with Crippen LogP contribution in [0.5, 0.6) is 11.5 Å². The van der Waals surface area contributed by atoms with Gasteiger partial charge in [-0.15, -0.1) is 0 Å². The van der Waals surface area contributed by atoms with Crippen LogP contribution in [0.2, 0.25) is 0 Å². The van der Waals surface area contributed by atoms with Gasteiger partial charge in [0.05, 0.1) is 17.6 Å². The number of amides is 1. The third-order valence-electron chi connectivity index (χ3n) is 4.83. The number of methoxy groups -OCH3 is 1. The molecule has 0 aliphatic carbocycles. The van der Waals surface area contributed by atoms with Crippen molar-refractivity contribution in [1.82, 2.24) is 9.62 Å². The zero-order valence-electron chi connectivity index (χ0n) is 16.8. The van der Waals surface area contributed by atoms with Crippen molar-refractivity contribution in [2.75, 3.05) is 33.4 Å². The van der Waals surface area contributed by atoms with Crippen LogP contribution in [0.15, 0.2) is 47.4 Å². The van der Waals surface area contributed by atoms with Gasteiger partial charge < -0.3 is 14.4 Å². The summed E-state index contributed by atoms with van der Waals surface area (Å²) in [6, 6.07) is 9.68. The van der Waals surface area contributed by atoms with Crippen LogP contribution in [0.25, 0.3) is 0 Å². The van der Waals surface area contributed by atoms with Gasteiger partial charge in [0.2, 0.25) is 10.0 Å². The van der Waals surface area contributed by atoms with Gasteiger partial charge in [0.15, 0.2) is 0 Å². The Balaban J connectivity index is 1.67. The summed E-state index contributed by atoms with van der Waals surface area (Å²) in [6.07, 6.45) is 2.95. The second-order valence-electron chi connectivity index (χ2n) is 6.92. The zero-order chi connectivity index (χ0) is 21.6. The van der Waals surface area contributed by atoms with E-state index in [4.69, 9.17) is 9.47 Å². The molecule has 0 atom stereocenters. The fourth-order valence-corrected chi connectivity index (χ4v) is 4.29. The summed E-state index contributed by atoms with van der Waals surface area (Å²) >= 11 is 0. The molecule has 0 bridgehead atoms. The highest BCUT2D eigenvalue weighted by Gasteiger charge is 2.24. The van der Waals surface area contributed by atoms with Crippen LogP contribution in [-0.2, 0) is 10.0 Å². The Labute approximate surface area is 175 Å². The second-order valence-corrected chi connectivity index (χ2v) is 8.68. The molecule has 1 fully saturated rings. The number of piperidine rings is 1. The molecular formula is C21H25FN2O5S. The molecule has 0 unspecified atom stereocenters. The largest absolute Gasteiger partial charge is 0.496 e. The van der Waals surface area contributed by atoms with Crippen molar-refractivity contribution in [2.45, 2.75) is 24.2 Å². The lowest BCUT2D eigenvalue weighted by Crippen LogP contribution is -2.36. The molecular weight excluding hydrogens is 411 g/mol. The van der Waals surface area contributed by atoms with E-state index in [1.165, 1.54) is 49.6 Å². The molecule has 2 aromatic rings. The smallest absolute Gasteiger partial charge is 0.257 e. The molecule has 0 radical (unpaired) electrons. The fraction of sp³-hybridized carbons (Fsp3) is 0.381. The van der Waals surface area contributed by atoms with Crippen molar-refractivity contribution in [3.63, 3.8) is 0 Å². The van der Waals surface area contributed by atoms with Crippen LogP contribution in [-0.4, -0.2) is 52.6 Å². The highest BCUT2D eigenvalue weighted by Crippen LogP contribution is 2.25. The summed E-state index contributed by atoms with van der Waals surface area (Å²) in [5.41, 5.74) is 0.227. The van der Waals surface area contributed by atoms with Gasteiger partial charge in [0.1, 0.15) is 23.9 Å². The molecule has 7 nitrogen and oxygen atoms in total. The van der Waals surface area contributed by atoms with E-state index in [1.54, 1.807) is 4.90 Å². The number of hydrogen-bond acceptors (Lipinski definition) is 5. The Hall–Kier alpha value is -2.65. The SMILES string of the molecule is COc1ccc(S(=O)(=O)NCCOc2ccc(F)cc2)cc1C(=O)N1CCCCC1. The van der Waals surface area contributed by atoms with Crippen molar-refractivity contribution >= 4 is 15.9 Å². The number of sulfonamides is 1. The van der Waals surface area contributed by atoms with E-state index >= 15 is 0 Å². The first-order chi connectivity index (χ1) is 14.4. The number of nitrogens with one attached hydrogen (secondary N) is 1. The average molecular weight is 437 g/mol. The van der Waals surface area contributed by atoms with Crippen molar-refractivity contribution in [2.24, 2.45) is 0 Å². The molecule has 30 heavy (non-hydrogen) atoms. The maximum Gasteiger partial charge on any atom is 0.257 e. The normalized spacial score (nSPS) is 14.4. The molecule has 1 aliphatic rings. The van der Waals surface area contributed by atoms with Gasteiger partial charge in [0.25, 0.3) is 5.91 Å². The lowest BCUT2D eigenvalue weighted by Gasteiger charge is -2.27. The molecule has 1 saturated heterocycles. The number of nitrogens with zero attached hydrogens (tertiary/aromatic N) is 1. The standard InChI is InChI=1S/C21H25FN2O5S/c1-28-20-10-9-18(15-19(20)21(25)24-12-3-2-4-13-24)30(26,27)23-11-14-29-17-7-5-16(22)6-8-17/h5-10,15,23H,2-4,11-14H2,1H3. The molecule has 9 heteroatoms. The van der Waals surface area contributed by atoms with Crippen LogP contribution < -0.4 is 14.2 Å². The number of carbonyl (C=O) groups is 1. The maximum absolute atomic E-state index is 12.9. The Morgan fingerprint density at radius 1 is 1.10 bits per heavy atom. The van der Waals surface area contributed by atoms with Gasteiger partial charge in [-0.05, 0) is 61.7 Å². The second kappa shape index (κ2) is 9.90. The van der Waals surface area contributed by atoms with E-state index in [0.717, 1.165) is 19.3 Å². The Kier molecular flexibility index (Phi) is 7.28. The zero-order valence-corrected chi connectivity index (χ0v) is 17.6. The molecule has 1 heterocycles. The van der Waals surface area contributed by atoms with Gasteiger partial charge >= 0.3 is 0 Å². The van der Waals surface area contributed by atoms with Crippen LogP contribution in [0.4, 0.5) is 4.39 Å². The number of halogens is 1. The lowest BCUT2D eigenvalue weighted by atomic mass is 10.1. The minimum atomic E-state index is -3.85. The minimum absolute atomic E-state index is 0.0150. The van der Waals surface area contributed by atoms with Crippen LogP contribution in [0.1, 0.15) is 29.6 Å². The number of ether oxygens (including phenoxy) is 2. The molecule has 0 spiro atoms. The van der Waals surface area contributed by atoms with Crippen molar-refractivity contribution in [3.8, 4) is 11.5 Å². The van der Waals surface area contributed by atoms with Crippen molar-refractivity contribution in [1.29, 1.82) is 0 Å². The minimum Gasteiger partial charge on any atom is -0.496 e. The first-order valence-corrected chi connectivity index (χ1v) is 11.2. The fourth-order valence-electron chi connectivity index (χ4n) is 3.25. The number of benzene rings is 2. The Morgan fingerprint density at radius 2 is 1.80 bits per heavy atom. The van der Waals surface area contributed by atoms with Gasteiger partial charge in [-0.25, -0.2) is 17.5 Å². The first kappa shape index (κ1) is 22.0. The van der Waals surface area contributed by atoms with E-state index in [-0.39, 0.29) is 35.3 Å².